The molecule has 0 heterocycles. The summed E-state index contributed by atoms with van der Waals surface area (Å²) in [6, 6.07) is 4.10. The zero-order valence-electron chi connectivity index (χ0n) is 11.9. The Kier molecular flexibility index (Phi) is 6.63. The lowest BCUT2D eigenvalue weighted by Gasteiger charge is -2.22. The smallest absolute Gasteiger partial charge is 0.340 e. The van der Waals surface area contributed by atoms with Gasteiger partial charge in [-0.25, -0.2) is 4.79 Å². The minimum Gasteiger partial charge on any atom is -0.462 e. The highest BCUT2D eigenvalue weighted by Crippen LogP contribution is 2.30. The van der Waals surface area contributed by atoms with Gasteiger partial charge in [-0.1, -0.05) is 62.0 Å². The number of benzene rings is 1. The third kappa shape index (κ3) is 5.16. The molecule has 111 valence electrons. The van der Waals surface area contributed by atoms with E-state index in [0.717, 1.165) is 19.3 Å². The number of carbonyl (C=O) groups is 1. The molecule has 0 aliphatic carbocycles. The third-order valence-corrected chi connectivity index (χ3v) is 4.31. The topological polar surface area (TPSA) is 26.3 Å². The molecule has 0 N–H and O–H groups in total. The fourth-order valence-electron chi connectivity index (χ4n) is 1.61. The van der Waals surface area contributed by atoms with E-state index in [2.05, 4.69) is 26.8 Å². The van der Waals surface area contributed by atoms with E-state index in [0.29, 0.717) is 6.61 Å². The first kappa shape index (κ1) is 17.6. The molecule has 0 aliphatic rings. The van der Waals surface area contributed by atoms with Crippen molar-refractivity contribution in [1.29, 1.82) is 0 Å². The van der Waals surface area contributed by atoms with E-state index in [1.54, 1.807) is 0 Å². The minimum absolute atomic E-state index is 0.0823. The van der Waals surface area contributed by atoms with Crippen LogP contribution >= 0.6 is 34.8 Å². The maximum absolute atomic E-state index is 11.9. The molecule has 0 aliphatic heterocycles. The van der Waals surface area contributed by atoms with Gasteiger partial charge in [0.05, 0.1) is 27.2 Å². The van der Waals surface area contributed by atoms with Crippen molar-refractivity contribution >= 4 is 40.8 Å². The summed E-state index contributed by atoms with van der Waals surface area (Å²) < 4.78 is 5.19. The standard InChI is InChI=1S/C15H18Cl3O2/c1-4-15(2,3)6-5-7-20-14(19)11-8-10(16)9-12(17)13(11)18/h9H,4-7H2,1-3H3. The Bertz CT molecular complexity index is 484. The van der Waals surface area contributed by atoms with Gasteiger partial charge in [-0.15, -0.1) is 0 Å². The summed E-state index contributed by atoms with van der Waals surface area (Å²) in [5.74, 6) is -0.547. The summed E-state index contributed by atoms with van der Waals surface area (Å²) in [5.41, 5.74) is 0.342. The van der Waals surface area contributed by atoms with Gasteiger partial charge in [-0.3, -0.25) is 0 Å². The molecule has 1 aromatic carbocycles. The van der Waals surface area contributed by atoms with Crippen LogP contribution in [0.5, 0.6) is 0 Å². The van der Waals surface area contributed by atoms with Crippen molar-refractivity contribution in [2.75, 3.05) is 6.61 Å². The molecule has 1 aromatic rings. The highest BCUT2D eigenvalue weighted by molar-refractivity contribution is 6.44. The lowest BCUT2D eigenvalue weighted by molar-refractivity contribution is 0.0485. The van der Waals surface area contributed by atoms with Gasteiger partial charge in [0.15, 0.2) is 0 Å². The van der Waals surface area contributed by atoms with Crippen LogP contribution in [-0.2, 0) is 4.74 Å². The summed E-state index contributed by atoms with van der Waals surface area (Å²) in [4.78, 5) is 11.9. The molecule has 0 aromatic heterocycles. The average molecular weight is 337 g/mol. The second kappa shape index (κ2) is 7.53. The van der Waals surface area contributed by atoms with Gasteiger partial charge in [0.25, 0.3) is 0 Å². The van der Waals surface area contributed by atoms with Crippen LogP contribution in [0.1, 0.15) is 50.4 Å². The molecule has 1 radical (unpaired) electrons. The van der Waals surface area contributed by atoms with Crippen molar-refractivity contribution in [3.05, 3.63) is 32.8 Å². The number of esters is 1. The largest absolute Gasteiger partial charge is 0.462 e. The fourth-order valence-corrected chi connectivity index (χ4v) is 2.25. The van der Waals surface area contributed by atoms with Crippen molar-refractivity contribution in [3.63, 3.8) is 0 Å². The lowest BCUT2D eigenvalue weighted by Crippen LogP contribution is -2.13. The molecular formula is C15H18Cl3O2. The monoisotopic (exact) mass is 335 g/mol. The van der Waals surface area contributed by atoms with Crippen LogP contribution in [0.3, 0.4) is 0 Å². The SMILES string of the molecule is CCC(C)(C)CCCOC(=O)c1[c]c(Cl)cc(Cl)c1Cl. The number of hydrogen-bond acceptors (Lipinski definition) is 2. The Morgan fingerprint density at radius 1 is 1.35 bits per heavy atom. The summed E-state index contributed by atoms with van der Waals surface area (Å²) in [7, 11) is 0. The molecule has 20 heavy (non-hydrogen) atoms. The van der Waals surface area contributed by atoms with E-state index >= 15 is 0 Å². The van der Waals surface area contributed by atoms with E-state index < -0.39 is 5.97 Å². The second-order valence-corrected chi connectivity index (χ2v) is 6.60. The molecule has 0 fully saturated rings. The number of carbonyl (C=O) groups excluding carboxylic acids is 1. The highest BCUT2D eigenvalue weighted by Gasteiger charge is 2.18. The molecule has 0 unspecified atom stereocenters. The quantitative estimate of drug-likeness (QED) is 0.371. The molecule has 0 saturated heterocycles. The van der Waals surface area contributed by atoms with Crippen molar-refractivity contribution in [2.45, 2.75) is 40.0 Å². The number of rotatable bonds is 6. The number of hydrogen-bond donors (Lipinski definition) is 0. The molecule has 0 bridgehead atoms. The maximum atomic E-state index is 11.9. The van der Waals surface area contributed by atoms with E-state index in [9.17, 15) is 4.79 Å². The normalized spacial score (nSPS) is 11.5. The summed E-state index contributed by atoms with van der Waals surface area (Å²) in [6.45, 7) is 6.87. The zero-order valence-corrected chi connectivity index (χ0v) is 14.1. The Balaban J connectivity index is 2.56. The number of halogens is 3. The predicted molar refractivity (Wildman–Crippen MR) is 83.9 cm³/mol. The van der Waals surface area contributed by atoms with Gasteiger partial charge in [0.2, 0.25) is 0 Å². The van der Waals surface area contributed by atoms with Crippen LogP contribution in [0.15, 0.2) is 6.07 Å². The summed E-state index contributed by atoms with van der Waals surface area (Å²) >= 11 is 17.6. The molecule has 5 heteroatoms. The molecule has 0 spiro atoms. The van der Waals surface area contributed by atoms with Gasteiger partial charge in [0, 0.05) is 6.07 Å². The molecule has 1 rings (SSSR count). The molecule has 0 amide bonds. The van der Waals surface area contributed by atoms with E-state index in [-0.39, 0.29) is 26.0 Å². The van der Waals surface area contributed by atoms with Crippen molar-refractivity contribution in [3.8, 4) is 0 Å². The lowest BCUT2D eigenvalue weighted by atomic mass is 9.85. The fraction of sp³-hybridized carbons (Fsp3) is 0.533. The second-order valence-electron chi connectivity index (χ2n) is 5.41. The molecule has 0 saturated carbocycles. The zero-order chi connectivity index (χ0) is 15.3. The summed E-state index contributed by atoms with van der Waals surface area (Å²) in [5, 5.41) is 0.572. The van der Waals surface area contributed by atoms with Gasteiger partial charge < -0.3 is 4.74 Å². The van der Waals surface area contributed by atoms with Crippen LogP contribution in [0.25, 0.3) is 0 Å². The van der Waals surface area contributed by atoms with Crippen LogP contribution < -0.4 is 0 Å². The molecular weight excluding hydrogens is 319 g/mol. The maximum Gasteiger partial charge on any atom is 0.340 e. The van der Waals surface area contributed by atoms with Crippen molar-refractivity contribution in [2.24, 2.45) is 5.41 Å². The van der Waals surface area contributed by atoms with Crippen molar-refractivity contribution < 1.29 is 9.53 Å². The van der Waals surface area contributed by atoms with E-state index in [4.69, 9.17) is 39.5 Å². The predicted octanol–water partition coefficient (Wildman–Crippen LogP) is 5.82. The first-order valence-electron chi connectivity index (χ1n) is 6.51. The summed E-state index contributed by atoms with van der Waals surface area (Å²) in [6.07, 6.45) is 2.88. The van der Waals surface area contributed by atoms with Gasteiger partial charge >= 0.3 is 5.97 Å². The van der Waals surface area contributed by atoms with Crippen LogP contribution in [0, 0.1) is 11.5 Å². The minimum atomic E-state index is -0.547. The Morgan fingerprint density at radius 2 is 2.00 bits per heavy atom. The molecule has 0 atom stereocenters. The van der Waals surface area contributed by atoms with E-state index in [1.165, 1.54) is 6.07 Å². The number of ether oxygens (including phenoxy) is 1. The Hall–Kier alpha value is -0.440. The van der Waals surface area contributed by atoms with Gasteiger partial charge in [-0.05, 0) is 24.3 Å². The van der Waals surface area contributed by atoms with Crippen LogP contribution in [0.4, 0.5) is 0 Å². The third-order valence-electron chi connectivity index (χ3n) is 3.32. The van der Waals surface area contributed by atoms with Crippen LogP contribution in [0.2, 0.25) is 15.1 Å². The highest BCUT2D eigenvalue weighted by atomic mass is 35.5. The molecule has 2 nitrogen and oxygen atoms in total. The first-order valence-corrected chi connectivity index (χ1v) is 7.64. The Labute approximate surface area is 135 Å². The Morgan fingerprint density at radius 3 is 2.60 bits per heavy atom. The first-order chi connectivity index (χ1) is 9.26. The van der Waals surface area contributed by atoms with Crippen LogP contribution in [-0.4, -0.2) is 12.6 Å². The van der Waals surface area contributed by atoms with Gasteiger partial charge in [-0.2, -0.15) is 0 Å². The average Bonchev–Trinajstić information content (AvgIpc) is 2.38. The van der Waals surface area contributed by atoms with Gasteiger partial charge in [0.1, 0.15) is 0 Å². The van der Waals surface area contributed by atoms with E-state index in [1.807, 2.05) is 0 Å². The van der Waals surface area contributed by atoms with Crippen molar-refractivity contribution in [1.82, 2.24) is 0 Å².